The van der Waals surface area contributed by atoms with Crippen molar-refractivity contribution in [3.8, 4) is 11.1 Å². The van der Waals surface area contributed by atoms with Gasteiger partial charge in [0.25, 0.3) is 0 Å². The van der Waals surface area contributed by atoms with Crippen molar-refractivity contribution in [3.05, 3.63) is 126 Å². The number of fused-ring (bicyclic) bond motifs is 3. The number of nitrogens with zero attached hydrogens (tertiary/aromatic N) is 2. The highest BCUT2D eigenvalue weighted by Gasteiger charge is 2.33. The summed E-state index contributed by atoms with van der Waals surface area (Å²) in [6.45, 7) is 0. The van der Waals surface area contributed by atoms with Gasteiger partial charge in [-0.15, -0.1) is 0 Å². The molecule has 5 aromatic rings. The molecule has 2 heterocycles. The molecule has 0 amide bonds. The molecule has 4 heteroatoms. The van der Waals surface area contributed by atoms with E-state index >= 15 is 0 Å². The van der Waals surface area contributed by atoms with E-state index in [0.29, 0.717) is 11.1 Å². The lowest BCUT2D eigenvalue weighted by Gasteiger charge is -2.33. The average Bonchev–Trinajstić information content (AvgIpc) is 3.15. The first-order chi connectivity index (χ1) is 17.2. The molecule has 0 saturated carbocycles. The zero-order valence-corrected chi connectivity index (χ0v) is 18.6. The van der Waals surface area contributed by atoms with Gasteiger partial charge in [-0.3, -0.25) is 14.6 Å². The molecule has 1 aliphatic heterocycles. The highest BCUT2D eigenvalue weighted by Crippen LogP contribution is 2.51. The Morgan fingerprint density at radius 2 is 1.34 bits per heavy atom. The van der Waals surface area contributed by atoms with Crippen molar-refractivity contribution < 1.29 is 9.59 Å². The van der Waals surface area contributed by atoms with Crippen molar-refractivity contribution in [1.82, 2.24) is 4.98 Å². The lowest BCUT2D eigenvalue weighted by Crippen LogP contribution is -2.15. The number of hydrogen-bond donors (Lipinski definition) is 0. The third-order valence-electron chi connectivity index (χ3n) is 6.84. The molecule has 0 N–H and O–H groups in total. The highest BCUT2D eigenvalue weighted by molar-refractivity contribution is 6.41. The molecule has 0 fully saturated rings. The molecular formula is C31H18N2O2. The number of carbonyl (C=O) groups is 2. The maximum atomic E-state index is 13.0. The second-order valence-electron chi connectivity index (χ2n) is 8.73. The molecule has 1 aliphatic carbocycles. The fourth-order valence-electron chi connectivity index (χ4n) is 5.28. The summed E-state index contributed by atoms with van der Waals surface area (Å²) in [7, 11) is 0. The van der Waals surface area contributed by atoms with Crippen LogP contribution in [0.1, 0.15) is 26.3 Å². The Kier molecular flexibility index (Phi) is 4.11. The van der Waals surface area contributed by atoms with Gasteiger partial charge in [-0.1, -0.05) is 66.7 Å². The Bertz CT molecular complexity index is 1700. The molecule has 35 heavy (non-hydrogen) atoms. The maximum Gasteiger partial charge on any atom is 0.197 e. The Labute approximate surface area is 201 Å². The molecule has 0 spiro atoms. The Morgan fingerprint density at radius 1 is 0.629 bits per heavy atom. The van der Waals surface area contributed by atoms with Crippen LogP contribution in [0.15, 0.2) is 109 Å². The molecule has 164 valence electrons. The SMILES string of the molecule is O=C1C(=Cc2ccc3c4c(cccc24)-c2cnccc2N3c2ccccc2)C(=O)c2ccccc21. The molecule has 0 atom stereocenters. The van der Waals surface area contributed by atoms with Gasteiger partial charge in [-0.05, 0) is 46.9 Å². The first-order valence-electron chi connectivity index (χ1n) is 11.5. The largest absolute Gasteiger partial charge is 0.309 e. The fraction of sp³-hybridized carbons (Fsp3) is 0. The molecule has 4 nitrogen and oxygen atoms in total. The minimum absolute atomic E-state index is 0.213. The second-order valence-corrected chi connectivity index (χ2v) is 8.73. The molecule has 0 radical (unpaired) electrons. The Balaban J connectivity index is 1.49. The van der Waals surface area contributed by atoms with Crippen molar-refractivity contribution in [2.45, 2.75) is 0 Å². The van der Waals surface area contributed by atoms with Crippen LogP contribution in [0, 0.1) is 0 Å². The number of hydrogen-bond acceptors (Lipinski definition) is 4. The minimum Gasteiger partial charge on any atom is -0.309 e. The first kappa shape index (κ1) is 19.6. The van der Waals surface area contributed by atoms with E-state index in [1.54, 1.807) is 30.3 Å². The monoisotopic (exact) mass is 450 g/mol. The third kappa shape index (κ3) is 2.77. The van der Waals surface area contributed by atoms with Crippen LogP contribution in [0.5, 0.6) is 0 Å². The molecule has 0 bridgehead atoms. The van der Waals surface area contributed by atoms with Crippen LogP contribution in [0.3, 0.4) is 0 Å². The number of pyridine rings is 1. The van der Waals surface area contributed by atoms with Gasteiger partial charge < -0.3 is 4.90 Å². The number of carbonyl (C=O) groups excluding carboxylic acids is 2. The number of aromatic nitrogens is 1. The van der Waals surface area contributed by atoms with E-state index in [-0.39, 0.29) is 17.1 Å². The average molecular weight is 450 g/mol. The number of benzene rings is 4. The predicted molar refractivity (Wildman–Crippen MR) is 138 cm³/mol. The number of rotatable bonds is 2. The molecule has 2 aliphatic rings. The van der Waals surface area contributed by atoms with Crippen LogP contribution in [0.25, 0.3) is 28.0 Å². The van der Waals surface area contributed by atoms with E-state index < -0.39 is 0 Å². The van der Waals surface area contributed by atoms with Gasteiger partial charge in [0.2, 0.25) is 0 Å². The molecule has 0 saturated heterocycles. The number of Topliss-reactive ketones (excluding diaryl/α,β-unsaturated/α-hetero) is 2. The predicted octanol–water partition coefficient (Wildman–Crippen LogP) is 7.15. The first-order valence-corrected chi connectivity index (χ1v) is 11.5. The third-order valence-corrected chi connectivity index (χ3v) is 6.84. The van der Waals surface area contributed by atoms with Gasteiger partial charge in [0.1, 0.15) is 0 Å². The summed E-state index contributed by atoms with van der Waals surface area (Å²) in [6.07, 6.45) is 5.46. The molecule has 4 aromatic carbocycles. The summed E-state index contributed by atoms with van der Waals surface area (Å²) in [5.74, 6) is -0.432. The Hall–Kier alpha value is -4.83. The topological polar surface area (TPSA) is 50.3 Å². The van der Waals surface area contributed by atoms with Crippen LogP contribution >= 0.6 is 0 Å². The summed E-state index contributed by atoms with van der Waals surface area (Å²) in [6, 6.07) is 29.5. The van der Waals surface area contributed by atoms with Gasteiger partial charge in [0.15, 0.2) is 11.6 Å². The van der Waals surface area contributed by atoms with Gasteiger partial charge in [-0.25, -0.2) is 0 Å². The van der Waals surface area contributed by atoms with Gasteiger partial charge >= 0.3 is 0 Å². The molecule has 7 rings (SSSR count). The Morgan fingerprint density at radius 3 is 2.11 bits per heavy atom. The molecule has 1 aromatic heterocycles. The van der Waals surface area contributed by atoms with Crippen molar-refractivity contribution in [3.63, 3.8) is 0 Å². The zero-order valence-electron chi connectivity index (χ0n) is 18.6. The van der Waals surface area contributed by atoms with E-state index in [9.17, 15) is 9.59 Å². The minimum atomic E-state index is -0.216. The van der Waals surface area contributed by atoms with E-state index in [1.165, 1.54) is 0 Å². The van der Waals surface area contributed by atoms with Crippen LogP contribution in [-0.4, -0.2) is 16.6 Å². The second kappa shape index (κ2) is 7.34. The van der Waals surface area contributed by atoms with Crippen LogP contribution < -0.4 is 4.90 Å². The number of para-hydroxylation sites is 1. The summed E-state index contributed by atoms with van der Waals surface area (Å²) < 4.78 is 0. The number of allylic oxidation sites excluding steroid dienone is 1. The van der Waals surface area contributed by atoms with E-state index in [4.69, 9.17) is 0 Å². The van der Waals surface area contributed by atoms with Crippen LogP contribution in [0.2, 0.25) is 0 Å². The highest BCUT2D eigenvalue weighted by atomic mass is 16.2. The van der Waals surface area contributed by atoms with Crippen molar-refractivity contribution in [1.29, 1.82) is 0 Å². The summed E-state index contributed by atoms with van der Waals surface area (Å²) in [4.78, 5) is 32.7. The van der Waals surface area contributed by atoms with E-state index in [0.717, 1.165) is 44.5 Å². The van der Waals surface area contributed by atoms with Crippen LogP contribution in [0.4, 0.5) is 17.1 Å². The van der Waals surface area contributed by atoms with E-state index in [2.05, 4.69) is 40.2 Å². The fourth-order valence-corrected chi connectivity index (χ4v) is 5.28. The lowest BCUT2D eigenvalue weighted by molar-refractivity contribution is 0.0990. The summed E-state index contributed by atoms with van der Waals surface area (Å²) >= 11 is 0. The molecule has 0 unspecified atom stereocenters. The summed E-state index contributed by atoms with van der Waals surface area (Å²) in [5.41, 5.74) is 7.30. The van der Waals surface area contributed by atoms with Crippen molar-refractivity contribution in [2.75, 3.05) is 4.90 Å². The summed E-state index contributed by atoms with van der Waals surface area (Å²) in [5, 5.41) is 2.06. The zero-order chi connectivity index (χ0) is 23.5. The van der Waals surface area contributed by atoms with E-state index in [1.807, 2.05) is 48.8 Å². The normalized spacial score (nSPS) is 13.7. The number of ketones is 2. The lowest BCUT2D eigenvalue weighted by atomic mass is 9.89. The maximum absolute atomic E-state index is 13.0. The van der Waals surface area contributed by atoms with Crippen LogP contribution in [-0.2, 0) is 0 Å². The quantitative estimate of drug-likeness (QED) is 0.208. The standard InChI is InChI=1S/C31H18N2O2/c34-30-23-9-4-5-10-24(23)31(35)25(30)17-19-13-14-28-29-21(19)11-6-12-22(29)26-18-32-16-15-27(26)33(28)20-7-2-1-3-8-20/h1-18H. The smallest absolute Gasteiger partial charge is 0.197 e. The van der Waals surface area contributed by atoms with Gasteiger partial charge in [0.05, 0.1) is 16.9 Å². The van der Waals surface area contributed by atoms with Gasteiger partial charge in [-0.2, -0.15) is 0 Å². The number of anilines is 3. The van der Waals surface area contributed by atoms with Crippen molar-refractivity contribution >= 4 is 45.5 Å². The van der Waals surface area contributed by atoms with Gasteiger partial charge in [0, 0.05) is 40.2 Å². The molecular weight excluding hydrogens is 432 g/mol. The van der Waals surface area contributed by atoms with Crippen molar-refractivity contribution in [2.24, 2.45) is 0 Å².